The molecule has 5 rings (SSSR count). The van der Waals surface area contributed by atoms with E-state index in [0.29, 0.717) is 6.42 Å². The van der Waals surface area contributed by atoms with Crippen LogP contribution in [0.3, 0.4) is 0 Å². The molecule has 9 nitrogen and oxygen atoms in total. The molecule has 0 unspecified atom stereocenters. The van der Waals surface area contributed by atoms with Gasteiger partial charge in [-0.25, -0.2) is 4.79 Å². The van der Waals surface area contributed by atoms with Crippen LogP contribution in [0.4, 0.5) is 0 Å². The molecule has 3 saturated carbocycles. The zero-order chi connectivity index (χ0) is 22.7. The van der Waals surface area contributed by atoms with Crippen LogP contribution in [0.25, 0.3) is 0 Å². The summed E-state index contributed by atoms with van der Waals surface area (Å²) in [5, 5.41) is 34.0. The lowest BCUT2D eigenvalue weighted by Crippen LogP contribution is -2.78. The molecule has 5 fully saturated rings. The number of carbonyl (C=O) groups is 3. The molecule has 3 N–H and O–H groups in total. The summed E-state index contributed by atoms with van der Waals surface area (Å²) >= 11 is 0. The van der Waals surface area contributed by atoms with E-state index in [-0.39, 0.29) is 30.6 Å². The molecule has 2 bridgehead atoms. The van der Waals surface area contributed by atoms with Crippen LogP contribution < -0.4 is 0 Å². The van der Waals surface area contributed by atoms with Gasteiger partial charge in [-0.2, -0.15) is 0 Å². The standard InChI is InChI=1S/C22H30O9/c1-8-5-12(24)17(26)20(4)11(8)6-13-21-7-29-22(28,19(20)21)16(25)9(2)14(21)15(18(27)31-13)30-10(3)23/h8-9,11,13-17,19,25-26,28H,5-7H2,1-4H3/t8-,9-,11+,13-,14-,15-,16-,17-,19-,20-,21+,22+/m1/s1. The number of ketones is 1. The van der Waals surface area contributed by atoms with Crippen molar-refractivity contribution >= 4 is 17.7 Å². The Labute approximate surface area is 180 Å². The van der Waals surface area contributed by atoms with E-state index in [9.17, 15) is 29.7 Å². The van der Waals surface area contributed by atoms with E-state index in [0.717, 1.165) is 0 Å². The van der Waals surface area contributed by atoms with Crippen molar-refractivity contribution in [1.29, 1.82) is 0 Å². The molecule has 172 valence electrons. The topological polar surface area (TPSA) is 140 Å². The molecule has 0 aromatic heterocycles. The Morgan fingerprint density at radius 1 is 1.23 bits per heavy atom. The van der Waals surface area contributed by atoms with E-state index in [1.54, 1.807) is 13.8 Å². The van der Waals surface area contributed by atoms with Crippen LogP contribution in [0.5, 0.6) is 0 Å². The first-order valence-electron chi connectivity index (χ1n) is 11.0. The zero-order valence-electron chi connectivity index (χ0n) is 18.1. The maximum atomic E-state index is 12.9. The Morgan fingerprint density at radius 3 is 2.55 bits per heavy atom. The van der Waals surface area contributed by atoms with Gasteiger partial charge < -0.3 is 29.5 Å². The minimum absolute atomic E-state index is 0.0342. The van der Waals surface area contributed by atoms with Gasteiger partial charge in [-0.15, -0.1) is 0 Å². The van der Waals surface area contributed by atoms with Crippen LogP contribution in [0, 0.1) is 40.4 Å². The molecule has 1 spiro atoms. The highest BCUT2D eigenvalue weighted by Crippen LogP contribution is 2.74. The van der Waals surface area contributed by atoms with Gasteiger partial charge in [0.05, 0.1) is 6.61 Å². The maximum Gasteiger partial charge on any atom is 0.348 e. The predicted molar refractivity (Wildman–Crippen MR) is 102 cm³/mol. The Balaban J connectivity index is 1.74. The van der Waals surface area contributed by atoms with Gasteiger partial charge in [-0.3, -0.25) is 9.59 Å². The number of Topliss-reactive ketones (excluding diaryl/α,β-unsaturated/α-hetero) is 1. The molecule has 9 heteroatoms. The zero-order valence-corrected chi connectivity index (χ0v) is 18.1. The quantitative estimate of drug-likeness (QED) is 0.474. The first kappa shape index (κ1) is 21.3. The van der Waals surface area contributed by atoms with Gasteiger partial charge >= 0.3 is 11.9 Å². The summed E-state index contributed by atoms with van der Waals surface area (Å²) in [5.41, 5.74) is -2.12. The number of aliphatic hydroxyl groups excluding tert-OH is 2. The monoisotopic (exact) mass is 438 g/mol. The van der Waals surface area contributed by atoms with Gasteiger partial charge in [0, 0.05) is 36.0 Å². The SMILES string of the molecule is CC(=O)O[C@H]1C(=O)O[C@@H]2C[C@H]3[C@H](C)CC(=O)[C@@H](O)[C@]3(C)[C@H]3[C@@]4(O)OC[C@]32[C@@H]1[C@@H](C)[C@H]4O. The molecule has 0 aromatic carbocycles. The van der Waals surface area contributed by atoms with Gasteiger partial charge in [0.15, 0.2) is 11.6 Å². The molecule has 31 heavy (non-hydrogen) atoms. The van der Waals surface area contributed by atoms with E-state index in [1.165, 1.54) is 6.92 Å². The molecule has 2 heterocycles. The van der Waals surface area contributed by atoms with Crippen LogP contribution >= 0.6 is 0 Å². The summed E-state index contributed by atoms with van der Waals surface area (Å²) in [5.74, 6) is -6.24. The first-order valence-corrected chi connectivity index (χ1v) is 11.0. The van der Waals surface area contributed by atoms with E-state index in [4.69, 9.17) is 14.2 Å². The lowest BCUT2D eigenvalue weighted by Gasteiger charge is -2.68. The summed E-state index contributed by atoms with van der Waals surface area (Å²) in [7, 11) is 0. The van der Waals surface area contributed by atoms with E-state index in [1.807, 2.05) is 6.92 Å². The second-order valence-electron chi connectivity index (χ2n) is 10.6. The summed E-state index contributed by atoms with van der Waals surface area (Å²) in [6.07, 6.45) is -4.07. The molecular weight excluding hydrogens is 408 g/mol. The lowest BCUT2D eigenvalue weighted by atomic mass is 9.37. The number of rotatable bonds is 1. The minimum Gasteiger partial charge on any atom is -0.459 e. The number of carbonyl (C=O) groups excluding carboxylic acids is 3. The van der Waals surface area contributed by atoms with Crippen LogP contribution in [0.2, 0.25) is 0 Å². The number of fused-ring (bicyclic) bond motifs is 1. The first-order chi connectivity index (χ1) is 14.4. The molecule has 5 aliphatic rings. The molecule has 2 saturated heterocycles. The number of aliphatic hydroxyl groups is 3. The van der Waals surface area contributed by atoms with E-state index in [2.05, 4.69) is 0 Å². The molecule has 0 aromatic rings. The molecule has 12 atom stereocenters. The van der Waals surface area contributed by atoms with Crippen LogP contribution in [0.1, 0.15) is 40.5 Å². The average molecular weight is 438 g/mol. The number of hydrogen-bond donors (Lipinski definition) is 3. The number of esters is 2. The second kappa shape index (κ2) is 6.27. The van der Waals surface area contributed by atoms with Crippen molar-refractivity contribution in [1.82, 2.24) is 0 Å². The summed E-state index contributed by atoms with van der Waals surface area (Å²) < 4.78 is 17.1. The molecule has 3 aliphatic carbocycles. The largest absolute Gasteiger partial charge is 0.459 e. The van der Waals surface area contributed by atoms with Crippen LogP contribution in [-0.2, 0) is 28.6 Å². The predicted octanol–water partition coefficient (Wildman–Crippen LogP) is -0.212. The van der Waals surface area contributed by atoms with Gasteiger partial charge in [0.1, 0.15) is 18.3 Å². The van der Waals surface area contributed by atoms with E-state index >= 15 is 0 Å². The minimum atomic E-state index is -2.02. The molecular formula is C22H30O9. The van der Waals surface area contributed by atoms with Gasteiger partial charge in [0.2, 0.25) is 6.10 Å². The van der Waals surface area contributed by atoms with Crippen molar-refractivity contribution < 1.29 is 43.9 Å². The maximum absolute atomic E-state index is 12.9. The van der Waals surface area contributed by atoms with Crippen molar-refractivity contribution in [3.8, 4) is 0 Å². The second-order valence-corrected chi connectivity index (χ2v) is 10.6. The molecule has 2 aliphatic heterocycles. The fourth-order valence-electron chi connectivity index (χ4n) is 8.33. The van der Waals surface area contributed by atoms with Crippen molar-refractivity contribution in [3.05, 3.63) is 0 Å². The number of hydrogen-bond acceptors (Lipinski definition) is 9. The third-order valence-electron chi connectivity index (χ3n) is 9.32. The Bertz CT molecular complexity index is 858. The van der Waals surface area contributed by atoms with E-state index < -0.39 is 70.7 Å². The fourth-order valence-corrected chi connectivity index (χ4v) is 8.33. The van der Waals surface area contributed by atoms with Gasteiger partial charge in [-0.1, -0.05) is 20.8 Å². The highest BCUT2D eigenvalue weighted by molar-refractivity contribution is 5.85. The van der Waals surface area contributed by atoms with Crippen molar-refractivity contribution in [2.24, 2.45) is 40.4 Å². The van der Waals surface area contributed by atoms with Crippen LogP contribution in [0.15, 0.2) is 0 Å². The Kier molecular flexibility index (Phi) is 4.31. The van der Waals surface area contributed by atoms with Crippen molar-refractivity contribution in [2.45, 2.75) is 70.7 Å². The molecule has 0 radical (unpaired) electrons. The normalized spacial score (nSPS) is 57.6. The van der Waals surface area contributed by atoms with Gasteiger partial charge in [-0.05, 0) is 24.2 Å². The summed E-state index contributed by atoms with van der Waals surface area (Å²) in [6.45, 7) is 6.55. The van der Waals surface area contributed by atoms with Gasteiger partial charge in [0.25, 0.3) is 0 Å². The number of ether oxygens (including phenoxy) is 3. The van der Waals surface area contributed by atoms with Crippen LogP contribution in [-0.4, -0.2) is 69.9 Å². The van der Waals surface area contributed by atoms with Crippen molar-refractivity contribution in [2.75, 3.05) is 6.61 Å². The average Bonchev–Trinajstić information content (AvgIpc) is 2.97. The third kappa shape index (κ3) is 2.28. The smallest absolute Gasteiger partial charge is 0.348 e. The highest BCUT2D eigenvalue weighted by Gasteiger charge is 2.83. The Hall–Kier alpha value is -1.55. The Morgan fingerprint density at radius 2 is 1.90 bits per heavy atom. The van der Waals surface area contributed by atoms with Crippen molar-refractivity contribution in [3.63, 3.8) is 0 Å². The molecule has 0 amide bonds. The lowest BCUT2D eigenvalue weighted by molar-refractivity contribution is -0.346. The summed E-state index contributed by atoms with van der Waals surface area (Å²) in [6, 6.07) is 0. The fraction of sp³-hybridized carbons (Fsp3) is 0.864. The highest BCUT2D eigenvalue weighted by atomic mass is 16.7. The summed E-state index contributed by atoms with van der Waals surface area (Å²) in [4.78, 5) is 37.5. The third-order valence-corrected chi connectivity index (χ3v) is 9.32.